The van der Waals surface area contributed by atoms with Gasteiger partial charge in [-0.25, -0.2) is 8.42 Å². The second kappa shape index (κ2) is 7.73. The van der Waals surface area contributed by atoms with Crippen LogP contribution in [0, 0.1) is 0 Å². The molecule has 1 aromatic rings. The maximum absolute atomic E-state index is 12.0. The second-order valence-electron chi connectivity index (χ2n) is 4.86. The molecule has 0 saturated carbocycles. The molecule has 1 atom stereocenters. The number of benzene rings is 1. The zero-order chi connectivity index (χ0) is 17.1. The Morgan fingerprint density at radius 1 is 1.23 bits per heavy atom. The maximum Gasteiger partial charge on any atom is 0.240 e. The van der Waals surface area contributed by atoms with Crippen molar-refractivity contribution in [2.45, 2.75) is 26.3 Å². The minimum atomic E-state index is -3.72. The van der Waals surface area contributed by atoms with Crippen molar-refractivity contribution in [1.29, 1.82) is 0 Å². The number of carbonyl (C=O) groups excluding carboxylic acids is 1. The topological polar surface area (TPSA) is 66.5 Å². The summed E-state index contributed by atoms with van der Waals surface area (Å²) >= 11 is 17.8. The van der Waals surface area contributed by atoms with E-state index in [1.807, 2.05) is 13.8 Å². The standard InChI is InChI=1S/C13H17Cl3N2O3S/c1-4-8(2)17-13(19)7-18(22(3,20)21)12-6-10(15)9(14)5-11(12)16/h5-6,8H,4,7H2,1-3H3,(H,17,19)/t8-/m0/s1. The number of nitrogens with one attached hydrogen (secondary N) is 1. The number of anilines is 1. The van der Waals surface area contributed by atoms with E-state index in [1.165, 1.54) is 12.1 Å². The van der Waals surface area contributed by atoms with Crippen molar-refractivity contribution < 1.29 is 13.2 Å². The molecule has 1 rings (SSSR count). The van der Waals surface area contributed by atoms with E-state index in [4.69, 9.17) is 34.8 Å². The first-order valence-corrected chi connectivity index (χ1v) is 9.46. The van der Waals surface area contributed by atoms with Crippen LogP contribution in [-0.4, -0.2) is 33.2 Å². The van der Waals surface area contributed by atoms with Crippen LogP contribution in [0.4, 0.5) is 5.69 Å². The van der Waals surface area contributed by atoms with E-state index in [2.05, 4.69) is 5.32 Å². The molecular formula is C13H17Cl3N2O3S. The first-order valence-electron chi connectivity index (χ1n) is 6.47. The van der Waals surface area contributed by atoms with Gasteiger partial charge in [-0.05, 0) is 25.5 Å². The highest BCUT2D eigenvalue weighted by molar-refractivity contribution is 7.92. The summed E-state index contributed by atoms with van der Waals surface area (Å²) in [5, 5.41) is 3.15. The minimum Gasteiger partial charge on any atom is -0.352 e. The lowest BCUT2D eigenvalue weighted by Gasteiger charge is -2.24. The van der Waals surface area contributed by atoms with Crippen LogP contribution in [0.3, 0.4) is 0 Å². The maximum atomic E-state index is 12.0. The van der Waals surface area contributed by atoms with Crippen molar-refractivity contribution in [3.05, 3.63) is 27.2 Å². The van der Waals surface area contributed by atoms with Gasteiger partial charge in [-0.15, -0.1) is 0 Å². The Morgan fingerprint density at radius 3 is 2.27 bits per heavy atom. The van der Waals surface area contributed by atoms with Crippen molar-refractivity contribution in [3.63, 3.8) is 0 Å². The molecule has 1 amide bonds. The quantitative estimate of drug-likeness (QED) is 0.761. The highest BCUT2D eigenvalue weighted by Crippen LogP contribution is 2.35. The molecule has 0 aliphatic carbocycles. The molecule has 5 nitrogen and oxygen atoms in total. The van der Waals surface area contributed by atoms with Gasteiger partial charge in [-0.1, -0.05) is 41.7 Å². The van der Waals surface area contributed by atoms with Crippen LogP contribution in [0.15, 0.2) is 12.1 Å². The van der Waals surface area contributed by atoms with Crippen LogP contribution >= 0.6 is 34.8 Å². The largest absolute Gasteiger partial charge is 0.352 e. The van der Waals surface area contributed by atoms with Gasteiger partial charge >= 0.3 is 0 Å². The summed E-state index contributed by atoms with van der Waals surface area (Å²) in [7, 11) is -3.72. The Labute approximate surface area is 145 Å². The van der Waals surface area contributed by atoms with Gasteiger partial charge in [0, 0.05) is 6.04 Å². The van der Waals surface area contributed by atoms with E-state index >= 15 is 0 Å². The zero-order valence-corrected chi connectivity index (χ0v) is 15.4. The van der Waals surface area contributed by atoms with Crippen LogP contribution in [0.5, 0.6) is 0 Å². The van der Waals surface area contributed by atoms with Crippen molar-refractivity contribution in [2.75, 3.05) is 17.1 Å². The van der Waals surface area contributed by atoms with Gasteiger partial charge in [0.15, 0.2) is 0 Å². The fourth-order valence-electron chi connectivity index (χ4n) is 1.64. The Morgan fingerprint density at radius 2 is 1.77 bits per heavy atom. The summed E-state index contributed by atoms with van der Waals surface area (Å²) in [6, 6.07) is 2.60. The SMILES string of the molecule is CC[C@H](C)NC(=O)CN(c1cc(Cl)c(Cl)cc1Cl)S(C)(=O)=O. The number of hydrogen-bond donors (Lipinski definition) is 1. The highest BCUT2D eigenvalue weighted by atomic mass is 35.5. The average molecular weight is 388 g/mol. The van der Waals surface area contributed by atoms with E-state index in [-0.39, 0.29) is 33.3 Å². The van der Waals surface area contributed by atoms with E-state index in [9.17, 15) is 13.2 Å². The molecule has 22 heavy (non-hydrogen) atoms. The minimum absolute atomic E-state index is 0.0572. The molecule has 1 aromatic carbocycles. The molecule has 124 valence electrons. The van der Waals surface area contributed by atoms with Crippen LogP contribution in [0.2, 0.25) is 15.1 Å². The van der Waals surface area contributed by atoms with E-state index in [1.54, 1.807) is 0 Å². The lowest BCUT2D eigenvalue weighted by molar-refractivity contribution is -0.120. The third-order valence-corrected chi connectivity index (χ3v) is 5.12. The monoisotopic (exact) mass is 386 g/mol. The van der Waals surface area contributed by atoms with Crippen molar-refractivity contribution in [3.8, 4) is 0 Å². The number of amides is 1. The molecule has 1 N–H and O–H groups in total. The molecule has 0 aliphatic rings. The smallest absolute Gasteiger partial charge is 0.240 e. The van der Waals surface area contributed by atoms with Crippen LogP contribution in [0.25, 0.3) is 0 Å². The Hall–Kier alpha value is -0.690. The summed E-state index contributed by atoms with van der Waals surface area (Å²) in [5.74, 6) is -0.429. The van der Waals surface area contributed by atoms with Gasteiger partial charge in [0.2, 0.25) is 15.9 Å². The van der Waals surface area contributed by atoms with Gasteiger partial charge in [0.05, 0.1) is 27.0 Å². The average Bonchev–Trinajstić information content (AvgIpc) is 2.39. The molecule has 0 heterocycles. The van der Waals surface area contributed by atoms with Crippen LogP contribution in [0.1, 0.15) is 20.3 Å². The lowest BCUT2D eigenvalue weighted by Crippen LogP contribution is -2.43. The predicted octanol–water partition coefficient (Wildman–Crippen LogP) is 3.33. The molecule has 0 fully saturated rings. The molecule has 0 unspecified atom stereocenters. The number of carbonyl (C=O) groups is 1. The van der Waals surface area contributed by atoms with Gasteiger partial charge in [0.25, 0.3) is 0 Å². The van der Waals surface area contributed by atoms with E-state index < -0.39 is 15.9 Å². The zero-order valence-electron chi connectivity index (χ0n) is 12.4. The number of halogens is 3. The molecule has 0 spiro atoms. The molecule has 0 aliphatic heterocycles. The summed E-state index contributed by atoms with van der Waals surface area (Å²) in [5.41, 5.74) is 0.109. The van der Waals surface area contributed by atoms with Gasteiger partial charge in [0.1, 0.15) is 6.54 Å². The van der Waals surface area contributed by atoms with Crippen LogP contribution in [-0.2, 0) is 14.8 Å². The highest BCUT2D eigenvalue weighted by Gasteiger charge is 2.24. The molecule has 0 bridgehead atoms. The van der Waals surface area contributed by atoms with E-state index in [0.717, 1.165) is 17.0 Å². The third kappa shape index (κ3) is 5.19. The molecule has 0 radical (unpaired) electrons. The number of hydrogen-bond acceptors (Lipinski definition) is 3. The first-order chi connectivity index (χ1) is 10.1. The van der Waals surface area contributed by atoms with Gasteiger partial charge < -0.3 is 5.32 Å². The Balaban J connectivity index is 3.16. The fourth-order valence-corrected chi connectivity index (χ4v) is 3.19. The van der Waals surface area contributed by atoms with Crippen molar-refractivity contribution in [2.24, 2.45) is 0 Å². The normalized spacial score (nSPS) is 12.8. The predicted molar refractivity (Wildman–Crippen MR) is 91.6 cm³/mol. The fraction of sp³-hybridized carbons (Fsp3) is 0.462. The van der Waals surface area contributed by atoms with E-state index in [0.29, 0.717) is 0 Å². The number of nitrogens with zero attached hydrogens (tertiary/aromatic N) is 1. The van der Waals surface area contributed by atoms with Crippen molar-refractivity contribution in [1.82, 2.24) is 5.32 Å². The first kappa shape index (κ1) is 19.4. The Kier molecular flexibility index (Phi) is 6.80. The summed E-state index contributed by atoms with van der Waals surface area (Å²) < 4.78 is 24.9. The molecule has 0 saturated heterocycles. The summed E-state index contributed by atoms with van der Waals surface area (Å²) in [6.07, 6.45) is 1.72. The van der Waals surface area contributed by atoms with Gasteiger partial charge in [-0.2, -0.15) is 0 Å². The second-order valence-corrected chi connectivity index (χ2v) is 7.99. The van der Waals surface area contributed by atoms with Crippen molar-refractivity contribution >= 4 is 56.4 Å². The lowest BCUT2D eigenvalue weighted by atomic mass is 10.2. The number of rotatable bonds is 6. The molecule has 9 heteroatoms. The summed E-state index contributed by atoms with van der Waals surface area (Å²) in [6.45, 7) is 3.35. The Bertz CT molecular complexity index is 665. The summed E-state index contributed by atoms with van der Waals surface area (Å²) in [4.78, 5) is 12.0. The van der Waals surface area contributed by atoms with Gasteiger partial charge in [-0.3, -0.25) is 9.10 Å². The number of sulfonamides is 1. The third-order valence-electron chi connectivity index (χ3n) is 2.97. The molecule has 0 aromatic heterocycles. The molecular weight excluding hydrogens is 371 g/mol. The van der Waals surface area contributed by atoms with Crippen LogP contribution < -0.4 is 9.62 Å².